The van der Waals surface area contributed by atoms with Crippen molar-refractivity contribution in [3.8, 4) is 33.4 Å². The lowest BCUT2D eigenvalue weighted by Crippen LogP contribution is -2.10. The van der Waals surface area contributed by atoms with Crippen LogP contribution in [0.25, 0.3) is 97.4 Å². The predicted octanol–water partition coefficient (Wildman–Crippen LogP) is 16.3. The van der Waals surface area contributed by atoms with E-state index in [0.29, 0.717) is 0 Å². The van der Waals surface area contributed by atoms with Crippen molar-refractivity contribution in [2.75, 3.05) is 4.90 Å². The average molecular weight is 760 g/mol. The molecule has 0 aliphatic carbocycles. The molecule has 0 N–H and O–H groups in total. The molecule has 3 nitrogen and oxygen atoms in total. The van der Waals surface area contributed by atoms with Crippen molar-refractivity contribution in [3.63, 3.8) is 0 Å². The van der Waals surface area contributed by atoms with Crippen LogP contribution in [0, 0.1) is 0 Å². The van der Waals surface area contributed by atoms with E-state index in [-0.39, 0.29) is 0 Å². The topological polar surface area (TPSA) is 29.5 Å². The lowest BCUT2D eigenvalue weighted by atomic mass is 9.99. The first-order valence-corrected chi connectivity index (χ1v) is 20.4. The van der Waals surface area contributed by atoms with Gasteiger partial charge >= 0.3 is 0 Å². The van der Waals surface area contributed by atoms with E-state index in [1.165, 1.54) is 31.3 Å². The molecule has 0 unspecified atom stereocenters. The molecule has 0 fully saturated rings. The number of thiophene rings is 1. The van der Waals surface area contributed by atoms with E-state index in [4.69, 9.17) is 8.83 Å². The zero-order chi connectivity index (χ0) is 38.2. The van der Waals surface area contributed by atoms with Crippen molar-refractivity contribution in [1.29, 1.82) is 0 Å². The Morgan fingerprint density at radius 3 is 1.62 bits per heavy atom. The summed E-state index contributed by atoms with van der Waals surface area (Å²) in [6.45, 7) is 0. The van der Waals surface area contributed by atoms with Crippen molar-refractivity contribution >= 4 is 92.4 Å². The number of para-hydroxylation sites is 3. The molecular weight excluding hydrogens is 727 g/mol. The van der Waals surface area contributed by atoms with E-state index in [9.17, 15) is 0 Å². The Morgan fingerprint density at radius 1 is 0.328 bits per heavy atom. The molecule has 0 amide bonds. The van der Waals surface area contributed by atoms with Crippen LogP contribution in [0.5, 0.6) is 0 Å². The first-order valence-electron chi connectivity index (χ1n) is 19.6. The normalized spacial score (nSPS) is 11.8. The number of rotatable bonds is 6. The van der Waals surface area contributed by atoms with Crippen molar-refractivity contribution < 1.29 is 8.83 Å². The monoisotopic (exact) mass is 759 g/mol. The molecule has 0 radical (unpaired) electrons. The van der Waals surface area contributed by atoms with Gasteiger partial charge in [0, 0.05) is 42.7 Å². The van der Waals surface area contributed by atoms with Gasteiger partial charge < -0.3 is 13.7 Å². The Balaban J connectivity index is 0.975. The lowest BCUT2D eigenvalue weighted by Gasteiger charge is -2.26. The van der Waals surface area contributed by atoms with Crippen LogP contribution in [0.3, 0.4) is 0 Å². The summed E-state index contributed by atoms with van der Waals surface area (Å²) in [5.74, 6) is 0. The summed E-state index contributed by atoms with van der Waals surface area (Å²) in [6, 6.07) is 71.4. The van der Waals surface area contributed by atoms with Gasteiger partial charge in [-0.3, -0.25) is 0 Å². The van der Waals surface area contributed by atoms with Crippen LogP contribution in [-0.4, -0.2) is 0 Å². The highest BCUT2D eigenvalue weighted by atomic mass is 32.1. The van der Waals surface area contributed by atoms with Crippen LogP contribution in [0.2, 0.25) is 0 Å². The number of anilines is 3. The Hall–Kier alpha value is -7.40. The van der Waals surface area contributed by atoms with Gasteiger partial charge in [-0.05, 0) is 81.9 Å². The quantitative estimate of drug-likeness (QED) is 0.169. The second kappa shape index (κ2) is 13.1. The Labute approximate surface area is 338 Å². The molecule has 12 aromatic rings. The summed E-state index contributed by atoms with van der Waals surface area (Å²) in [6.07, 6.45) is 0. The van der Waals surface area contributed by atoms with Crippen molar-refractivity contribution in [3.05, 3.63) is 200 Å². The third-order valence-corrected chi connectivity index (χ3v) is 12.8. The molecule has 0 saturated heterocycles. The molecule has 58 heavy (non-hydrogen) atoms. The number of hydrogen-bond donors (Lipinski definition) is 0. The minimum Gasteiger partial charge on any atom is -0.456 e. The minimum absolute atomic E-state index is 0.868. The smallest absolute Gasteiger partial charge is 0.159 e. The molecule has 0 aliphatic heterocycles. The fourth-order valence-corrected chi connectivity index (χ4v) is 10.0. The predicted molar refractivity (Wildman–Crippen MR) is 245 cm³/mol. The van der Waals surface area contributed by atoms with Gasteiger partial charge in [0.15, 0.2) is 5.58 Å². The maximum Gasteiger partial charge on any atom is 0.159 e. The molecule has 0 saturated carbocycles. The fraction of sp³-hybridized carbons (Fsp3) is 0. The SMILES string of the molecule is c1ccc(-c2cccc3c2sc2c(N(c4ccc(-c5ccc(-c6ccc7c(c6)oc6ccccc67)cc5)cc4)c4cccc5c4oc4ccccc45)cccc23)cc1. The molecule has 12 rings (SSSR count). The summed E-state index contributed by atoms with van der Waals surface area (Å²) in [5.41, 5.74) is 13.8. The van der Waals surface area contributed by atoms with Gasteiger partial charge in [-0.25, -0.2) is 0 Å². The number of hydrogen-bond acceptors (Lipinski definition) is 4. The summed E-state index contributed by atoms with van der Waals surface area (Å²) in [4.78, 5) is 2.38. The highest BCUT2D eigenvalue weighted by Gasteiger charge is 2.23. The van der Waals surface area contributed by atoms with Crippen LogP contribution in [0.1, 0.15) is 0 Å². The molecule has 3 heterocycles. The van der Waals surface area contributed by atoms with E-state index in [0.717, 1.165) is 83.2 Å². The summed E-state index contributed by atoms with van der Waals surface area (Å²) in [7, 11) is 0. The summed E-state index contributed by atoms with van der Waals surface area (Å²) in [5, 5.41) is 7.01. The maximum atomic E-state index is 6.69. The Morgan fingerprint density at radius 2 is 0.862 bits per heavy atom. The van der Waals surface area contributed by atoms with Crippen LogP contribution < -0.4 is 4.90 Å². The number of fused-ring (bicyclic) bond motifs is 9. The molecule has 0 spiro atoms. The van der Waals surface area contributed by atoms with Gasteiger partial charge in [0.2, 0.25) is 0 Å². The zero-order valence-corrected chi connectivity index (χ0v) is 32.0. The first-order chi connectivity index (χ1) is 28.7. The van der Waals surface area contributed by atoms with Gasteiger partial charge in [0.05, 0.1) is 16.1 Å². The van der Waals surface area contributed by atoms with Crippen LogP contribution in [0.15, 0.2) is 209 Å². The molecule has 4 heteroatoms. The third-order valence-electron chi connectivity index (χ3n) is 11.5. The Bertz CT molecular complexity index is 3500. The highest BCUT2D eigenvalue weighted by molar-refractivity contribution is 7.27. The second-order valence-electron chi connectivity index (χ2n) is 14.8. The van der Waals surface area contributed by atoms with Crippen molar-refractivity contribution in [1.82, 2.24) is 0 Å². The Kier molecular flexibility index (Phi) is 7.40. The number of furan rings is 2. The lowest BCUT2D eigenvalue weighted by molar-refractivity contribution is 0.668. The van der Waals surface area contributed by atoms with Gasteiger partial charge in [0.1, 0.15) is 16.7 Å². The minimum atomic E-state index is 0.868. The van der Waals surface area contributed by atoms with Gasteiger partial charge in [0.25, 0.3) is 0 Å². The molecule has 3 aromatic heterocycles. The van der Waals surface area contributed by atoms with Crippen molar-refractivity contribution in [2.45, 2.75) is 0 Å². The number of nitrogens with zero attached hydrogens (tertiary/aromatic N) is 1. The van der Waals surface area contributed by atoms with Crippen molar-refractivity contribution in [2.24, 2.45) is 0 Å². The van der Waals surface area contributed by atoms with Crippen LogP contribution in [0.4, 0.5) is 17.1 Å². The fourth-order valence-electron chi connectivity index (χ4n) is 8.71. The number of benzene rings is 9. The average Bonchev–Trinajstić information content (AvgIpc) is 3.99. The highest BCUT2D eigenvalue weighted by Crippen LogP contribution is 2.49. The van der Waals surface area contributed by atoms with E-state index in [2.05, 4.69) is 187 Å². The van der Waals surface area contributed by atoms with E-state index >= 15 is 0 Å². The van der Waals surface area contributed by atoms with Gasteiger partial charge in [-0.15, -0.1) is 11.3 Å². The van der Waals surface area contributed by atoms with Crippen LogP contribution >= 0.6 is 11.3 Å². The third kappa shape index (κ3) is 5.19. The molecular formula is C54H33NO2S. The van der Waals surface area contributed by atoms with E-state index in [1.807, 2.05) is 29.5 Å². The molecule has 0 bridgehead atoms. The summed E-state index contributed by atoms with van der Waals surface area (Å²) < 4.78 is 15.4. The van der Waals surface area contributed by atoms with Crippen LogP contribution in [-0.2, 0) is 0 Å². The standard InChI is InChI=1S/C54H33NO2S/c1-2-11-37(12-3-1)40-15-8-17-45-46-18-10-20-48(54(46)58-53(40)45)55(47-19-9-16-44-42-14-5-7-22-50(42)57-52(44)47)39-30-27-35(28-31-39)34-23-25-36(26-24-34)38-29-32-43-41-13-4-6-21-49(41)56-51(43)33-38/h1-33H. The van der Waals surface area contributed by atoms with E-state index < -0.39 is 0 Å². The molecule has 9 aromatic carbocycles. The largest absolute Gasteiger partial charge is 0.456 e. The zero-order valence-electron chi connectivity index (χ0n) is 31.2. The second-order valence-corrected chi connectivity index (χ2v) is 15.8. The van der Waals surface area contributed by atoms with Gasteiger partial charge in [-0.1, -0.05) is 152 Å². The van der Waals surface area contributed by atoms with Gasteiger partial charge in [-0.2, -0.15) is 0 Å². The molecule has 0 atom stereocenters. The molecule has 0 aliphatic rings. The molecule has 272 valence electrons. The maximum absolute atomic E-state index is 6.69. The summed E-state index contributed by atoms with van der Waals surface area (Å²) >= 11 is 1.86. The first kappa shape index (κ1) is 32.8. The van der Waals surface area contributed by atoms with E-state index in [1.54, 1.807) is 0 Å².